The minimum Gasteiger partial charge on any atom is -0.497 e. The zero-order chi connectivity index (χ0) is 16.8. The van der Waals surface area contributed by atoms with Crippen LogP contribution in [0, 0.1) is 0 Å². The standard InChI is InChI=1S/C18H25NO4/c1-3-17(20)19(11-5-8-18(21)22)16-7-4-6-13-12-14(23-2)9-10-15(13)16/h9-10,12,16H,3-8,11H2,1-2H3,(H,21,22). The molecule has 1 aliphatic carbocycles. The van der Waals surface area contributed by atoms with Crippen LogP contribution >= 0.6 is 0 Å². The number of aliphatic carboxylic acids is 1. The maximum Gasteiger partial charge on any atom is 0.303 e. The van der Waals surface area contributed by atoms with Gasteiger partial charge in [0, 0.05) is 19.4 Å². The first-order valence-electron chi connectivity index (χ1n) is 8.24. The highest BCUT2D eigenvalue weighted by Gasteiger charge is 2.28. The summed E-state index contributed by atoms with van der Waals surface area (Å²) in [5.74, 6) is 0.107. The minimum absolute atomic E-state index is 0.0471. The van der Waals surface area contributed by atoms with E-state index in [0.29, 0.717) is 19.4 Å². The summed E-state index contributed by atoms with van der Waals surface area (Å²) in [6.07, 6.45) is 3.97. The first-order chi connectivity index (χ1) is 11.1. The van der Waals surface area contributed by atoms with Crippen LogP contribution in [0.25, 0.3) is 0 Å². The zero-order valence-corrected chi connectivity index (χ0v) is 13.9. The summed E-state index contributed by atoms with van der Waals surface area (Å²) in [5, 5.41) is 8.83. The number of rotatable bonds is 7. The van der Waals surface area contributed by atoms with E-state index in [1.54, 1.807) is 7.11 Å². The number of fused-ring (bicyclic) bond motifs is 1. The van der Waals surface area contributed by atoms with Gasteiger partial charge in [0.15, 0.2) is 0 Å². The molecule has 1 aliphatic rings. The van der Waals surface area contributed by atoms with Crippen molar-refractivity contribution < 1.29 is 19.4 Å². The van der Waals surface area contributed by atoms with Gasteiger partial charge in [-0.1, -0.05) is 13.0 Å². The highest BCUT2D eigenvalue weighted by atomic mass is 16.5. The Bertz CT molecular complexity index is 570. The number of amides is 1. The fourth-order valence-electron chi connectivity index (χ4n) is 3.27. The number of carbonyl (C=O) groups excluding carboxylic acids is 1. The molecule has 0 aliphatic heterocycles. The Kier molecular flexibility index (Phi) is 6.02. The van der Waals surface area contributed by atoms with Crippen LogP contribution in [-0.4, -0.2) is 35.5 Å². The Hall–Kier alpha value is -2.04. The van der Waals surface area contributed by atoms with Crippen molar-refractivity contribution in [3.8, 4) is 5.75 Å². The van der Waals surface area contributed by atoms with Gasteiger partial charge in [0.1, 0.15) is 5.75 Å². The van der Waals surface area contributed by atoms with Gasteiger partial charge in [-0.2, -0.15) is 0 Å². The van der Waals surface area contributed by atoms with E-state index in [4.69, 9.17) is 9.84 Å². The molecule has 0 aromatic heterocycles. The van der Waals surface area contributed by atoms with Crippen LogP contribution < -0.4 is 4.74 Å². The minimum atomic E-state index is -0.817. The van der Waals surface area contributed by atoms with Gasteiger partial charge in [-0.15, -0.1) is 0 Å². The molecule has 0 radical (unpaired) electrons. The summed E-state index contributed by atoms with van der Waals surface area (Å²) in [6.45, 7) is 2.35. The van der Waals surface area contributed by atoms with E-state index in [2.05, 4.69) is 0 Å². The number of carbonyl (C=O) groups is 2. The summed E-state index contributed by atoms with van der Waals surface area (Å²) in [5.41, 5.74) is 2.40. The Morgan fingerprint density at radius 2 is 2.17 bits per heavy atom. The van der Waals surface area contributed by atoms with Crippen molar-refractivity contribution >= 4 is 11.9 Å². The lowest BCUT2D eigenvalue weighted by Crippen LogP contribution is -2.37. The lowest BCUT2D eigenvalue weighted by Gasteiger charge is -2.36. The maximum atomic E-state index is 12.4. The van der Waals surface area contributed by atoms with Crippen molar-refractivity contribution in [2.45, 2.75) is 51.5 Å². The fraction of sp³-hybridized carbons (Fsp3) is 0.556. The molecular weight excluding hydrogens is 294 g/mol. The van der Waals surface area contributed by atoms with Gasteiger partial charge in [0.2, 0.25) is 5.91 Å². The molecule has 0 spiro atoms. The SMILES string of the molecule is CCC(=O)N(CCCC(=O)O)C1CCCc2cc(OC)ccc21. The van der Waals surface area contributed by atoms with E-state index < -0.39 is 5.97 Å². The van der Waals surface area contributed by atoms with Gasteiger partial charge >= 0.3 is 5.97 Å². The summed E-state index contributed by atoms with van der Waals surface area (Å²) >= 11 is 0. The summed E-state index contributed by atoms with van der Waals surface area (Å²) in [4.78, 5) is 25.0. The second-order valence-corrected chi connectivity index (χ2v) is 5.91. The molecule has 2 rings (SSSR count). The molecule has 1 unspecified atom stereocenters. The number of hydrogen-bond acceptors (Lipinski definition) is 3. The number of carboxylic acid groups (broad SMARTS) is 1. The molecule has 1 aromatic rings. The Morgan fingerprint density at radius 3 is 2.83 bits per heavy atom. The zero-order valence-electron chi connectivity index (χ0n) is 13.9. The Labute approximate surface area is 137 Å². The van der Waals surface area contributed by atoms with Crippen molar-refractivity contribution in [2.24, 2.45) is 0 Å². The molecule has 0 fully saturated rings. The molecule has 5 nitrogen and oxygen atoms in total. The van der Waals surface area contributed by atoms with Crippen LogP contribution in [0.2, 0.25) is 0 Å². The summed E-state index contributed by atoms with van der Waals surface area (Å²) < 4.78 is 5.29. The highest BCUT2D eigenvalue weighted by Crippen LogP contribution is 2.36. The monoisotopic (exact) mass is 319 g/mol. The number of carboxylic acids is 1. The van der Waals surface area contributed by atoms with Crippen LogP contribution in [0.4, 0.5) is 0 Å². The predicted molar refractivity (Wildman–Crippen MR) is 87.5 cm³/mol. The maximum absolute atomic E-state index is 12.4. The smallest absolute Gasteiger partial charge is 0.303 e. The van der Waals surface area contributed by atoms with Crippen LogP contribution in [0.15, 0.2) is 18.2 Å². The molecule has 1 aromatic carbocycles. The van der Waals surface area contributed by atoms with Gasteiger partial charge in [-0.3, -0.25) is 9.59 Å². The molecular formula is C18H25NO4. The number of ether oxygens (including phenoxy) is 1. The van der Waals surface area contributed by atoms with Gasteiger partial charge in [-0.25, -0.2) is 0 Å². The van der Waals surface area contributed by atoms with E-state index in [1.807, 2.05) is 30.0 Å². The van der Waals surface area contributed by atoms with Gasteiger partial charge < -0.3 is 14.7 Å². The number of benzene rings is 1. The number of nitrogens with zero attached hydrogens (tertiary/aromatic N) is 1. The first kappa shape index (κ1) is 17.3. The van der Waals surface area contributed by atoms with E-state index in [1.165, 1.54) is 11.1 Å². The van der Waals surface area contributed by atoms with Crippen molar-refractivity contribution in [3.63, 3.8) is 0 Å². The Morgan fingerprint density at radius 1 is 1.39 bits per heavy atom. The van der Waals surface area contributed by atoms with Crippen LogP contribution in [-0.2, 0) is 16.0 Å². The second-order valence-electron chi connectivity index (χ2n) is 5.91. The summed E-state index contributed by atoms with van der Waals surface area (Å²) in [7, 11) is 1.65. The van der Waals surface area contributed by atoms with Crippen molar-refractivity contribution in [2.75, 3.05) is 13.7 Å². The Balaban J connectivity index is 2.22. The largest absolute Gasteiger partial charge is 0.497 e. The van der Waals surface area contributed by atoms with Gasteiger partial charge in [-0.05, 0) is 48.9 Å². The molecule has 5 heteroatoms. The number of hydrogen-bond donors (Lipinski definition) is 1. The normalized spacial score (nSPS) is 16.5. The molecule has 0 saturated carbocycles. The first-order valence-corrected chi connectivity index (χ1v) is 8.24. The predicted octanol–water partition coefficient (Wildman–Crippen LogP) is 3.18. The molecule has 0 saturated heterocycles. The fourth-order valence-corrected chi connectivity index (χ4v) is 3.27. The third-order valence-electron chi connectivity index (χ3n) is 4.42. The van der Waals surface area contributed by atoms with Crippen molar-refractivity contribution in [1.82, 2.24) is 4.90 Å². The lowest BCUT2D eigenvalue weighted by atomic mass is 9.86. The number of methoxy groups -OCH3 is 1. The third-order valence-corrected chi connectivity index (χ3v) is 4.42. The average Bonchev–Trinajstić information content (AvgIpc) is 2.57. The van der Waals surface area contributed by atoms with Crippen molar-refractivity contribution in [3.05, 3.63) is 29.3 Å². The molecule has 23 heavy (non-hydrogen) atoms. The molecule has 1 atom stereocenters. The van der Waals surface area contributed by atoms with Crippen LogP contribution in [0.1, 0.15) is 56.2 Å². The van der Waals surface area contributed by atoms with Gasteiger partial charge in [0.25, 0.3) is 0 Å². The highest BCUT2D eigenvalue weighted by molar-refractivity contribution is 5.76. The topological polar surface area (TPSA) is 66.8 Å². The second kappa shape index (κ2) is 7.99. The summed E-state index contributed by atoms with van der Waals surface area (Å²) in [6, 6.07) is 6.08. The molecule has 126 valence electrons. The lowest BCUT2D eigenvalue weighted by molar-refractivity contribution is -0.139. The number of aryl methyl sites for hydroxylation is 1. The van der Waals surface area contributed by atoms with E-state index in [0.717, 1.165) is 25.0 Å². The quantitative estimate of drug-likeness (QED) is 0.838. The van der Waals surface area contributed by atoms with E-state index in [9.17, 15) is 9.59 Å². The van der Waals surface area contributed by atoms with Crippen molar-refractivity contribution in [1.29, 1.82) is 0 Å². The van der Waals surface area contributed by atoms with E-state index in [-0.39, 0.29) is 18.4 Å². The third kappa shape index (κ3) is 4.24. The molecule has 1 N–H and O–H groups in total. The molecule has 0 heterocycles. The average molecular weight is 319 g/mol. The van der Waals surface area contributed by atoms with Crippen LogP contribution in [0.3, 0.4) is 0 Å². The van der Waals surface area contributed by atoms with Crippen LogP contribution in [0.5, 0.6) is 5.75 Å². The van der Waals surface area contributed by atoms with E-state index >= 15 is 0 Å². The molecule has 0 bridgehead atoms. The molecule has 1 amide bonds. The van der Waals surface area contributed by atoms with Gasteiger partial charge in [0.05, 0.1) is 13.2 Å².